The van der Waals surface area contributed by atoms with Crippen molar-refractivity contribution in [2.24, 2.45) is 0 Å². The smallest absolute Gasteiger partial charge is 0.322 e. The van der Waals surface area contributed by atoms with Gasteiger partial charge in [-0.05, 0) is 6.54 Å². The number of carbonyl (C=O) groups is 1. The molecule has 0 bridgehead atoms. The van der Waals surface area contributed by atoms with E-state index in [9.17, 15) is 9.90 Å². The van der Waals surface area contributed by atoms with Crippen LogP contribution in [0.1, 0.15) is 6.92 Å². The molecule has 0 aliphatic carbocycles. The van der Waals surface area contributed by atoms with Gasteiger partial charge >= 0.3 is 5.97 Å². The van der Waals surface area contributed by atoms with E-state index in [1.807, 2.05) is 4.90 Å². The van der Waals surface area contributed by atoms with Crippen molar-refractivity contribution in [3.63, 3.8) is 0 Å². The molecular formula is C12H23N3O3. The number of rotatable bonds is 4. The molecule has 2 heterocycles. The summed E-state index contributed by atoms with van der Waals surface area (Å²) in [7, 11) is 0. The van der Waals surface area contributed by atoms with Crippen molar-refractivity contribution in [3.05, 3.63) is 0 Å². The fourth-order valence-corrected chi connectivity index (χ4v) is 2.65. The van der Waals surface area contributed by atoms with E-state index in [1.165, 1.54) is 0 Å². The molecule has 18 heavy (non-hydrogen) atoms. The number of hydrogen-bond acceptors (Lipinski definition) is 5. The first kappa shape index (κ1) is 13.7. The summed E-state index contributed by atoms with van der Waals surface area (Å²) in [4.78, 5) is 15.6. The van der Waals surface area contributed by atoms with Gasteiger partial charge in [0.25, 0.3) is 0 Å². The normalized spacial score (nSPS) is 31.4. The number of piperazine rings is 1. The minimum Gasteiger partial charge on any atom is -0.480 e. The fraction of sp³-hybridized carbons (Fsp3) is 0.917. The van der Waals surface area contributed by atoms with Gasteiger partial charge in [0.15, 0.2) is 0 Å². The highest BCUT2D eigenvalue weighted by molar-refractivity contribution is 5.74. The zero-order chi connectivity index (χ0) is 13.0. The highest BCUT2D eigenvalue weighted by Gasteiger charge is 2.31. The molecule has 2 N–H and O–H groups in total. The predicted octanol–water partition coefficient (Wildman–Crippen LogP) is -0.934. The molecule has 0 radical (unpaired) electrons. The molecule has 0 amide bonds. The molecule has 104 valence electrons. The second-order valence-electron chi connectivity index (χ2n) is 4.94. The number of carboxylic acids is 1. The molecule has 2 saturated heterocycles. The number of nitrogens with one attached hydrogen (secondary N) is 1. The third-order valence-electron chi connectivity index (χ3n) is 3.75. The van der Waals surface area contributed by atoms with Crippen LogP contribution < -0.4 is 5.32 Å². The Morgan fingerprint density at radius 2 is 2.33 bits per heavy atom. The summed E-state index contributed by atoms with van der Waals surface area (Å²) in [5.74, 6) is -0.745. The van der Waals surface area contributed by atoms with Gasteiger partial charge in [-0.25, -0.2) is 0 Å². The Morgan fingerprint density at radius 1 is 1.50 bits per heavy atom. The highest BCUT2D eigenvalue weighted by Crippen LogP contribution is 2.10. The maximum absolute atomic E-state index is 11.2. The Hall–Kier alpha value is -0.690. The maximum atomic E-state index is 11.2. The van der Waals surface area contributed by atoms with E-state index < -0.39 is 12.0 Å². The summed E-state index contributed by atoms with van der Waals surface area (Å²) < 4.78 is 5.74. The second-order valence-corrected chi connectivity index (χ2v) is 4.94. The van der Waals surface area contributed by atoms with E-state index >= 15 is 0 Å². The summed E-state index contributed by atoms with van der Waals surface area (Å²) in [6.45, 7) is 8.70. The Morgan fingerprint density at radius 3 is 3.06 bits per heavy atom. The predicted molar refractivity (Wildman–Crippen MR) is 67.7 cm³/mol. The molecular weight excluding hydrogens is 234 g/mol. The summed E-state index contributed by atoms with van der Waals surface area (Å²) in [5.41, 5.74) is 0. The van der Waals surface area contributed by atoms with Gasteiger partial charge in [-0.3, -0.25) is 14.6 Å². The molecule has 6 heteroatoms. The Labute approximate surface area is 108 Å². The van der Waals surface area contributed by atoms with Crippen molar-refractivity contribution < 1.29 is 14.6 Å². The minimum atomic E-state index is -0.745. The van der Waals surface area contributed by atoms with Gasteiger partial charge < -0.3 is 15.2 Å². The summed E-state index contributed by atoms with van der Waals surface area (Å²) in [6.07, 6.45) is 0.138. The van der Waals surface area contributed by atoms with Crippen LogP contribution in [0, 0.1) is 0 Å². The van der Waals surface area contributed by atoms with E-state index in [4.69, 9.17) is 4.74 Å². The van der Waals surface area contributed by atoms with Crippen LogP contribution in [0.3, 0.4) is 0 Å². The number of ether oxygens (including phenoxy) is 1. The molecule has 2 aliphatic heterocycles. The van der Waals surface area contributed by atoms with Crippen molar-refractivity contribution in [2.75, 3.05) is 52.4 Å². The Kier molecular flexibility index (Phi) is 4.94. The average Bonchev–Trinajstić information content (AvgIpc) is 2.39. The molecule has 2 atom stereocenters. The zero-order valence-electron chi connectivity index (χ0n) is 11.0. The van der Waals surface area contributed by atoms with Crippen LogP contribution >= 0.6 is 0 Å². The average molecular weight is 257 g/mol. The largest absolute Gasteiger partial charge is 0.480 e. The molecule has 0 aromatic heterocycles. The van der Waals surface area contributed by atoms with Crippen molar-refractivity contribution in [1.29, 1.82) is 0 Å². The zero-order valence-corrected chi connectivity index (χ0v) is 11.0. The van der Waals surface area contributed by atoms with Crippen molar-refractivity contribution in [1.82, 2.24) is 15.1 Å². The highest BCUT2D eigenvalue weighted by atomic mass is 16.5. The number of likely N-dealkylation sites (N-methyl/N-ethyl adjacent to an activating group) is 1. The lowest BCUT2D eigenvalue weighted by molar-refractivity contribution is -0.145. The number of carboxylic acid groups (broad SMARTS) is 1. The Bertz CT molecular complexity index is 288. The first-order valence-electron chi connectivity index (χ1n) is 6.72. The summed E-state index contributed by atoms with van der Waals surface area (Å²) in [5, 5.41) is 12.3. The Balaban J connectivity index is 1.88. The third kappa shape index (κ3) is 3.41. The second kappa shape index (κ2) is 6.47. The van der Waals surface area contributed by atoms with Gasteiger partial charge in [-0.15, -0.1) is 0 Å². The molecule has 2 unspecified atom stereocenters. The van der Waals surface area contributed by atoms with Crippen molar-refractivity contribution in [3.8, 4) is 0 Å². The number of morpholine rings is 1. The number of hydrogen-bond donors (Lipinski definition) is 2. The van der Waals surface area contributed by atoms with E-state index in [0.717, 1.165) is 45.9 Å². The molecule has 0 saturated carbocycles. The van der Waals surface area contributed by atoms with Crippen LogP contribution in [0.2, 0.25) is 0 Å². The van der Waals surface area contributed by atoms with E-state index in [2.05, 4.69) is 17.1 Å². The topological polar surface area (TPSA) is 65.0 Å². The lowest BCUT2D eigenvalue weighted by atomic mass is 10.1. The van der Waals surface area contributed by atoms with Crippen molar-refractivity contribution in [2.45, 2.75) is 19.1 Å². The van der Waals surface area contributed by atoms with E-state index in [1.54, 1.807) is 0 Å². The van der Waals surface area contributed by atoms with Gasteiger partial charge in [0.05, 0.1) is 12.7 Å². The van der Waals surface area contributed by atoms with Gasteiger partial charge in [0.1, 0.15) is 6.04 Å². The molecule has 0 aromatic rings. The van der Waals surface area contributed by atoms with Crippen LogP contribution in [0.5, 0.6) is 0 Å². The van der Waals surface area contributed by atoms with E-state index in [0.29, 0.717) is 6.54 Å². The lowest BCUT2D eigenvalue weighted by Crippen LogP contribution is -2.58. The SMILES string of the molecule is CCN1CCOC(CN2CCNCC2C(=O)O)C1. The number of nitrogens with zero attached hydrogens (tertiary/aromatic N) is 2. The van der Waals surface area contributed by atoms with Gasteiger partial charge in [-0.2, -0.15) is 0 Å². The number of aliphatic carboxylic acids is 1. The molecule has 2 aliphatic rings. The van der Waals surface area contributed by atoms with Gasteiger partial charge in [0, 0.05) is 39.3 Å². The first-order valence-corrected chi connectivity index (χ1v) is 6.72. The van der Waals surface area contributed by atoms with Crippen LogP contribution in [0.25, 0.3) is 0 Å². The lowest BCUT2D eigenvalue weighted by Gasteiger charge is -2.39. The molecule has 0 spiro atoms. The van der Waals surface area contributed by atoms with Crippen LogP contribution in [0.4, 0.5) is 0 Å². The first-order chi connectivity index (χ1) is 8.70. The standard InChI is InChI=1S/C12H23N3O3/c1-2-14-5-6-18-10(8-14)9-15-4-3-13-7-11(15)12(16)17/h10-11,13H,2-9H2,1H3,(H,16,17). The molecule has 2 rings (SSSR count). The van der Waals surface area contributed by atoms with Crippen LogP contribution in [0.15, 0.2) is 0 Å². The molecule has 0 aromatic carbocycles. The fourth-order valence-electron chi connectivity index (χ4n) is 2.65. The summed E-state index contributed by atoms with van der Waals surface area (Å²) in [6, 6.07) is -0.417. The maximum Gasteiger partial charge on any atom is 0.322 e. The monoisotopic (exact) mass is 257 g/mol. The molecule has 2 fully saturated rings. The van der Waals surface area contributed by atoms with Gasteiger partial charge in [-0.1, -0.05) is 6.92 Å². The van der Waals surface area contributed by atoms with Crippen LogP contribution in [-0.2, 0) is 9.53 Å². The van der Waals surface area contributed by atoms with Crippen molar-refractivity contribution >= 4 is 5.97 Å². The summed E-state index contributed by atoms with van der Waals surface area (Å²) >= 11 is 0. The molecule has 6 nitrogen and oxygen atoms in total. The quantitative estimate of drug-likeness (QED) is 0.678. The van der Waals surface area contributed by atoms with E-state index in [-0.39, 0.29) is 6.10 Å². The van der Waals surface area contributed by atoms with Crippen LogP contribution in [-0.4, -0.2) is 85.4 Å². The minimum absolute atomic E-state index is 0.138. The van der Waals surface area contributed by atoms with Gasteiger partial charge in [0.2, 0.25) is 0 Å². The third-order valence-corrected chi connectivity index (χ3v) is 3.75.